The lowest BCUT2D eigenvalue weighted by atomic mass is 10.3. The van der Waals surface area contributed by atoms with Crippen LogP contribution in [0.5, 0.6) is 5.75 Å². The first-order valence-corrected chi connectivity index (χ1v) is 6.36. The van der Waals surface area contributed by atoms with Gasteiger partial charge in [-0.05, 0) is 31.2 Å². The number of hydrogen-bond donors (Lipinski definition) is 2. The standard InChI is InChI=1S/C12H13N3O2S/c1-2-17-10-5-3-9(4-6-10)14-11(16)15-12-13-7-8-18-12/h3-8H,2H2,1H3,(H2,13,14,15,16). The lowest BCUT2D eigenvalue weighted by Crippen LogP contribution is -2.19. The molecule has 0 saturated heterocycles. The molecule has 2 aromatic rings. The van der Waals surface area contributed by atoms with Crippen LogP contribution in [0.1, 0.15) is 6.92 Å². The van der Waals surface area contributed by atoms with Crippen LogP contribution in [-0.2, 0) is 0 Å². The van der Waals surface area contributed by atoms with Crippen molar-refractivity contribution in [2.75, 3.05) is 17.2 Å². The molecular weight excluding hydrogens is 250 g/mol. The molecule has 0 saturated carbocycles. The molecule has 0 aliphatic carbocycles. The van der Waals surface area contributed by atoms with Gasteiger partial charge >= 0.3 is 6.03 Å². The Morgan fingerprint density at radius 2 is 2.11 bits per heavy atom. The molecule has 2 N–H and O–H groups in total. The second-order valence-corrected chi connectivity index (χ2v) is 4.27. The predicted octanol–water partition coefficient (Wildman–Crippen LogP) is 3.19. The number of ether oxygens (including phenoxy) is 1. The number of thiazole rings is 1. The zero-order valence-electron chi connectivity index (χ0n) is 9.84. The van der Waals surface area contributed by atoms with E-state index >= 15 is 0 Å². The van der Waals surface area contributed by atoms with Crippen LogP contribution in [0.4, 0.5) is 15.6 Å². The second kappa shape index (κ2) is 6.02. The van der Waals surface area contributed by atoms with Crippen LogP contribution in [0.15, 0.2) is 35.8 Å². The highest BCUT2D eigenvalue weighted by Crippen LogP contribution is 2.16. The highest BCUT2D eigenvalue weighted by Gasteiger charge is 2.04. The van der Waals surface area contributed by atoms with Crippen LogP contribution < -0.4 is 15.4 Å². The van der Waals surface area contributed by atoms with Crippen molar-refractivity contribution in [1.29, 1.82) is 0 Å². The molecule has 0 bridgehead atoms. The molecule has 2 rings (SSSR count). The van der Waals surface area contributed by atoms with Gasteiger partial charge < -0.3 is 10.1 Å². The maximum absolute atomic E-state index is 11.6. The van der Waals surface area contributed by atoms with E-state index in [4.69, 9.17) is 4.74 Å². The number of carbonyl (C=O) groups excluding carboxylic acids is 1. The average Bonchev–Trinajstić information content (AvgIpc) is 2.84. The first-order chi connectivity index (χ1) is 8.78. The summed E-state index contributed by atoms with van der Waals surface area (Å²) < 4.78 is 5.31. The fourth-order valence-corrected chi connectivity index (χ4v) is 1.87. The molecule has 18 heavy (non-hydrogen) atoms. The summed E-state index contributed by atoms with van der Waals surface area (Å²) in [7, 11) is 0. The fourth-order valence-electron chi connectivity index (χ4n) is 1.35. The van der Waals surface area contributed by atoms with Crippen LogP contribution in [0, 0.1) is 0 Å². The van der Waals surface area contributed by atoms with Gasteiger partial charge in [0.1, 0.15) is 5.75 Å². The molecule has 0 unspecified atom stereocenters. The Balaban J connectivity index is 1.90. The van der Waals surface area contributed by atoms with Crippen molar-refractivity contribution in [3.63, 3.8) is 0 Å². The van der Waals surface area contributed by atoms with Crippen LogP contribution in [0.25, 0.3) is 0 Å². The molecule has 5 nitrogen and oxygen atoms in total. The summed E-state index contributed by atoms with van der Waals surface area (Å²) in [5, 5.41) is 7.71. The largest absolute Gasteiger partial charge is 0.494 e. The number of nitrogens with one attached hydrogen (secondary N) is 2. The molecule has 6 heteroatoms. The molecule has 0 spiro atoms. The molecule has 1 heterocycles. The van der Waals surface area contributed by atoms with E-state index in [1.165, 1.54) is 11.3 Å². The van der Waals surface area contributed by atoms with Crippen molar-refractivity contribution in [3.05, 3.63) is 35.8 Å². The Morgan fingerprint density at radius 1 is 1.33 bits per heavy atom. The van der Waals surface area contributed by atoms with Gasteiger partial charge in [0.05, 0.1) is 6.61 Å². The summed E-state index contributed by atoms with van der Waals surface area (Å²) in [5.74, 6) is 0.781. The molecule has 2 amide bonds. The molecule has 0 atom stereocenters. The van der Waals surface area contributed by atoms with Crippen molar-refractivity contribution in [3.8, 4) is 5.75 Å². The SMILES string of the molecule is CCOc1ccc(NC(=O)Nc2nccs2)cc1. The van der Waals surface area contributed by atoms with Gasteiger partial charge in [-0.15, -0.1) is 11.3 Å². The lowest BCUT2D eigenvalue weighted by Gasteiger charge is -2.07. The molecule has 1 aromatic carbocycles. The van der Waals surface area contributed by atoms with E-state index in [9.17, 15) is 4.79 Å². The summed E-state index contributed by atoms with van der Waals surface area (Å²) >= 11 is 1.37. The van der Waals surface area contributed by atoms with E-state index in [0.717, 1.165) is 5.75 Å². The van der Waals surface area contributed by atoms with Crippen molar-refractivity contribution in [2.24, 2.45) is 0 Å². The highest BCUT2D eigenvalue weighted by atomic mass is 32.1. The van der Waals surface area contributed by atoms with E-state index in [-0.39, 0.29) is 6.03 Å². The van der Waals surface area contributed by atoms with Crippen LogP contribution >= 0.6 is 11.3 Å². The van der Waals surface area contributed by atoms with Crippen molar-refractivity contribution < 1.29 is 9.53 Å². The normalized spacial score (nSPS) is 9.83. The number of rotatable bonds is 4. The van der Waals surface area contributed by atoms with Crippen molar-refractivity contribution in [1.82, 2.24) is 4.98 Å². The second-order valence-electron chi connectivity index (χ2n) is 3.37. The Hall–Kier alpha value is -2.08. The zero-order valence-corrected chi connectivity index (χ0v) is 10.7. The highest BCUT2D eigenvalue weighted by molar-refractivity contribution is 7.13. The van der Waals surface area contributed by atoms with Gasteiger partial charge in [-0.25, -0.2) is 9.78 Å². The van der Waals surface area contributed by atoms with Crippen LogP contribution in [-0.4, -0.2) is 17.6 Å². The number of amides is 2. The maximum Gasteiger partial charge on any atom is 0.325 e. The van der Waals surface area contributed by atoms with Crippen LogP contribution in [0.3, 0.4) is 0 Å². The van der Waals surface area contributed by atoms with Gasteiger partial charge in [0.2, 0.25) is 0 Å². The number of benzene rings is 1. The number of carbonyl (C=O) groups is 1. The summed E-state index contributed by atoms with van der Waals surface area (Å²) in [6.45, 7) is 2.55. The third kappa shape index (κ3) is 3.46. The zero-order chi connectivity index (χ0) is 12.8. The Kier molecular flexibility index (Phi) is 4.14. The van der Waals surface area contributed by atoms with Gasteiger partial charge in [-0.1, -0.05) is 0 Å². The Bertz CT molecular complexity index is 497. The fraction of sp³-hybridized carbons (Fsp3) is 0.167. The molecular formula is C12H13N3O2S. The first-order valence-electron chi connectivity index (χ1n) is 5.48. The average molecular weight is 263 g/mol. The molecule has 0 fully saturated rings. The third-order valence-corrected chi connectivity index (χ3v) is 2.76. The van der Waals surface area contributed by atoms with Gasteiger partial charge in [0.25, 0.3) is 0 Å². The third-order valence-electron chi connectivity index (χ3n) is 2.08. The molecule has 0 aliphatic heterocycles. The van der Waals surface area contributed by atoms with Gasteiger partial charge in [-0.2, -0.15) is 0 Å². The summed E-state index contributed by atoms with van der Waals surface area (Å²) in [4.78, 5) is 15.6. The molecule has 1 aromatic heterocycles. The number of nitrogens with zero attached hydrogens (tertiary/aromatic N) is 1. The summed E-state index contributed by atoms with van der Waals surface area (Å²) in [6, 6.07) is 6.87. The van der Waals surface area contributed by atoms with Crippen molar-refractivity contribution >= 4 is 28.2 Å². The number of hydrogen-bond acceptors (Lipinski definition) is 4. The molecule has 0 radical (unpaired) electrons. The van der Waals surface area contributed by atoms with E-state index < -0.39 is 0 Å². The van der Waals surface area contributed by atoms with E-state index in [1.54, 1.807) is 23.7 Å². The minimum absolute atomic E-state index is 0.311. The Labute approximate surface area is 109 Å². The minimum Gasteiger partial charge on any atom is -0.494 e. The lowest BCUT2D eigenvalue weighted by molar-refractivity contribution is 0.262. The smallest absolute Gasteiger partial charge is 0.325 e. The summed E-state index contributed by atoms with van der Waals surface area (Å²) in [5.41, 5.74) is 0.701. The van der Waals surface area contributed by atoms with E-state index in [1.807, 2.05) is 19.1 Å². The van der Waals surface area contributed by atoms with Gasteiger partial charge in [0, 0.05) is 17.3 Å². The number of aromatic nitrogens is 1. The maximum atomic E-state index is 11.6. The molecule has 0 aliphatic rings. The van der Waals surface area contributed by atoms with Crippen molar-refractivity contribution in [2.45, 2.75) is 6.92 Å². The van der Waals surface area contributed by atoms with E-state index in [2.05, 4.69) is 15.6 Å². The Morgan fingerprint density at radius 3 is 2.72 bits per heavy atom. The minimum atomic E-state index is -0.311. The number of anilines is 2. The van der Waals surface area contributed by atoms with E-state index in [0.29, 0.717) is 17.4 Å². The first kappa shape index (κ1) is 12.4. The van der Waals surface area contributed by atoms with Gasteiger partial charge in [0.15, 0.2) is 5.13 Å². The van der Waals surface area contributed by atoms with Crippen LogP contribution in [0.2, 0.25) is 0 Å². The predicted molar refractivity (Wildman–Crippen MR) is 72.4 cm³/mol. The topological polar surface area (TPSA) is 63.2 Å². The quantitative estimate of drug-likeness (QED) is 0.890. The number of urea groups is 1. The summed E-state index contributed by atoms with van der Waals surface area (Å²) in [6.07, 6.45) is 1.64. The molecule has 94 valence electrons. The van der Waals surface area contributed by atoms with Gasteiger partial charge in [-0.3, -0.25) is 5.32 Å². The monoisotopic (exact) mass is 263 g/mol.